The molecule has 3 aromatic rings. The van der Waals surface area contributed by atoms with E-state index in [1.54, 1.807) is 30.3 Å². The van der Waals surface area contributed by atoms with Crippen LogP contribution in [-0.2, 0) is 29.2 Å². The van der Waals surface area contributed by atoms with Gasteiger partial charge in [0.25, 0.3) is 5.97 Å². The van der Waals surface area contributed by atoms with Crippen molar-refractivity contribution in [3.8, 4) is 17.2 Å². The van der Waals surface area contributed by atoms with Gasteiger partial charge in [-0.2, -0.15) is 0 Å². The first-order valence-corrected chi connectivity index (χ1v) is 11.9. The van der Waals surface area contributed by atoms with Crippen molar-refractivity contribution in [3.63, 3.8) is 0 Å². The number of phenols is 2. The number of benzene rings is 3. The Hall–Kier alpha value is -3.63. The lowest BCUT2D eigenvalue weighted by Crippen LogP contribution is -2.23. The zero-order chi connectivity index (χ0) is 27.0. The Labute approximate surface area is 216 Å². The fourth-order valence-electron chi connectivity index (χ4n) is 3.34. The zero-order valence-corrected chi connectivity index (χ0v) is 20.8. The molecule has 0 spiro atoms. The second kappa shape index (κ2) is 16.2. The lowest BCUT2D eigenvalue weighted by molar-refractivity contribution is -0.134. The average Bonchev–Trinajstić information content (AvgIpc) is 2.87. The van der Waals surface area contributed by atoms with Crippen molar-refractivity contribution in [2.75, 3.05) is 26.3 Å². The summed E-state index contributed by atoms with van der Waals surface area (Å²) < 4.78 is 11.3. The van der Waals surface area contributed by atoms with Crippen LogP contribution < -0.4 is 10.1 Å². The summed E-state index contributed by atoms with van der Waals surface area (Å²) in [6.07, 6.45) is 0.0822. The van der Waals surface area contributed by atoms with Crippen molar-refractivity contribution in [2.45, 2.75) is 32.7 Å². The van der Waals surface area contributed by atoms with E-state index in [0.717, 1.165) is 30.2 Å². The van der Waals surface area contributed by atoms with E-state index < -0.39 is 12.1 Å². The summed E-state index contributed by atoms with van der Waals surface area (Å²) in [6.45, 7) is 3.20. The molecule has 0 bridgehead atoms. The molecule has 0 fully saturated rings. The fourth-order valence-corrected chi connectivity index (χ4v) is 3.34. The van der Waals surface area contributed by atoms with Crippen LogP contribution in [0.4, 0.5) is 0 Å². The summed E-state index contributed by atoms with van der Waals surface area (Å²) in [6, 6.07) is 19.6. The number of aliphatic carboxylic acids is 1. The number of nitrogens with one attached hydrogen (secondary N) is 1. The first-order valence-electron chi connectivity index (χ1n) is 11.9. The smallest absolute Gasteiger partial charge is 0.300 e. The third-order valence-electron chi connectivity index (χ3n) is 5.19. The molecule has 3 aromatic carbocycles. The average molecular weight is 514 g/mol. The lowest BCUT2D eigenvalue weighted by atomic mass is 10.1. The molecule has 37 heavy (non-hydrogen) atoms. The van der Waals surface area contributed by atoms with Gasteiger partial charge in [-0.25, -0.2) is 0 Å². The number of ether oxygens (including phenoxy) is 2. The van der Waals surface area contributed by atoms with Gasteiger partial charge in [-0.1, -0.05) is 30.3 Å². The quantitative estimate of drug-likeness (QED) is 0.190. The molecule has 9 heteroatoms. The number of carbonyl (C=O) groups is 1. The topological polar surface area (TPSA) is 149 Å². The highest BCUT2D eigenvalue weighted by molar-refractivity contribution is 5.62. The molecule has 0 aliphatic heterocycles. The monoisotopic (exact) mass is 513 g/mol. The predicted molar refractivity (Wildman–Crippen MR) is 139 cm³/mol. The Morgan fingerprint density at radius 2 is 1.70 bits per heavy atom. The van der Waals surface area contributed by atoms with Crippen molar-refractivity contribution in [2.24, 2.45) is 0 Å². The summed E-state index contributed by atoms with van der Waals surface area (Å²) in [5.41, 5.74) is 3.11. The van der Waals surface area contributed by atoms with E-state index in [9.17, 15) is 20.4 Å². The van der Waals surface area contributed by atoms with E-state index in [2.05, 4.69) is 5.32 Å². The van der Waals surface area contributed by atoms with E-state index in [0.29, 0.717) is 44.0 Å². The van der Waals surface area contributed by atoms with Gasteiger partial charge in [0.1, 0.15) is 23.9 Å². The first-order chi connectivity index (χ1) is 17.8. The number of hydrogen-bond acceptors (Lipinski definition) is 8. The SMILES string of the molecule is CC(=O)O.OCc1cc([C@@H](O)CNCCc2ccc(OCCOCc3cccc(O)c3)cc2)ccc1O. The van der Waals surface area contributed by atoms with E-state index in [4.69, 9.17) is 19.4 Å². The Balaban J connectivity index is 0.00000112. The summed E-state index contributed by atoms with van der Waals surface area (Å²) in [5.74, 6) is 0.192. The van der Waals surface area contributed by atoms with Crippen molar-refractivity contribution >= 4 is 5.97 Å². The normalized spacial score (nSPS) is 11.3. The Bertz CT molecular complexity index is 1080. The van der Waals surface area contributed by atoms with Crippen LogP contribution in [0.1, 0.15) is 35.3 Å². The predicted octanol–water partition coefficient (Wildman–Crippen LogP) is 3.14. The largest absolute Gasteiger partial charge is 0.508 e. The van der Waals surface area contributed by atoms with Crippen molar-refractivity contribution in [1.82, 2.24) is 5.32 Å². The molecule has 200 valence electrons. The van der Waals surface area contributed by atoms with Gasteiger partial charge in [0.15, 0.2) is 0 Å². The van der Waals surface area contributed by atoms with E-state index in [1.165, 1.54) is 6.07 Å². The van der Waals surface area contributed by atoms with Gasteiger partial charge in [-0.05, 0) is 66.1 Å². The molecule has 0 aromatic heterocycles. The molecule has 0 unspecified atom stereocenters. The molecule has 0 saturated carbocycles. The second-order valence-corrected chi connectivity index (χ2v) is 8.25. The van der Waals surface area contributed by atoms with Crippen molar-refractivity contribution in [3.05, 3.63) is 89.0 Å². The minimum Gasteiger partial charge on any atom is -0.508 e. The van der Waals surface area contributed by atoms with Gasteiger partial charge in [0, 0.05) is 19.0 Å². The number of aliphatic hydroxyl groups is 2. The van der Waals surface area contributed by atoms with Crippen LogP contribution in [0.25, 0.3) is 0 Å². The molecule has 0 aliphatic carbocycles. The highest BCUT2D eigenvalue weighted by atomic mass is 16.5. The number of carboxylic acid groups (broad SMARTS) is 1. The van der Waals surface area contributed by atoms with Crippen LogP contribution in [0.15, 0.2) is 66.7 Å². The maximum atomic E-state index is 10.3. The molecule has 6 N–H and O–H groups in total. The van der Waals surface area contributed by atoms with Crippen molar-refractivity contribution in [1.29, 1.82) is 0 Å². The second-order valence-electron chi connectivity index (χ2n) is 8.25. The van der Waals surface area contributed by atoms with Crippen LogP contribution in [-0.4, -0.2) is 57.8 Å². The number of rotatable bonds is 13. The standard InChI is InChI=1S/C26H31NO6.C2H4O2/c28-17-22-15-21(6-9-25(22)30)26(31)16-27-11-10-19-4-7-24(8-5-19)33-13-12-32-18-20-2-1-3-23(29)14-20;1-2(3)4/h1-9,14-15,26-31H,10-13,16-18H2;1H3,(H,3,4)/t26-;/m0./s1. The van der Waals surface area contributed by atoms with Gasteiger partial charge >= 0.3 is 0 Å². The first kappa shape index (κ1) is 29.6. The molecule has 9 nitrogen and oxygen atoms in total. The van der Waals surface area contributed by atoms with Gasteiger partial charge in [-0.15, -0.1) is 0 Å². The maximum Gasteiger partial charge on any atom is 0.300 e. The highest BCUT2D eigenvalue weighted by Crippen LogP contribution is 2.22. The third kappa shape index (κ3) is 11.8. The number of phenolic OH excluding ortho intramolecular Hbond substituents is 1. The van der Waals surface area contributed by atoms with Crippen LogP contribution in [0.5, 0.6) is 17.2 Å². The maximum absolute atomic E-state index is 10.3. The molecule has 0 amide bonds. The molecular formula is C28H35NO8. The summed E-state index contributed by atoms with van der Waals surface area (Å²) in [5, 5.41) is 49.2. The summed E-state index contributed by atoms with van der Waals surface area (Å²) >= 11 is 0. The van der Waals surface area contributed by atoms with E-state index >= 15 is 0 Å². The molecule has 1 atom stereocenters. The van der Waals surface area contributed by atoms with Gasteiger partial charge in [0.05, 0.1) is 25.9 Å². The third-order valence-corrected chi connectivity index (χ3v) is 5.19. The lowest BCUT2D eigenvalue weighted by Gasteiger charge is -2.14. The highest BCUT2D eigenvalue weighted by Gasteiger charge is 2.10. The number of hydrogen-bond donors (Lipinski definition) is 6. The van der Waals surface area contributed by atoms with Crippen LogP contribution in [0, 0.1) is 0 Å². The molecule has 3 rings (SSSR count). The summed E-state index contributed by atoms with van der Waals surface area (Å²) in [7, 11) is 0. The minimum atomic E-state index is -0.833. The van der Waals surface area contributed by atoms with Gasteiger partial charge < -0.3 is 40.3 Å². The molecule has 0 heterocycles. The van der Waals surface area contributed by atoms with Crippen LogP contribution in [0.3, 0.4) is 0 Å². The zero-order valence-electron chi connectivity index (χ0n) is 20.8. The Morgan fingerprint density at radius 1 is 0.973 bits per heavy atom. The van der Waals surface area contributed by atoms with Gasteiger partial charge in [0.2, 0.25) is 0 Å². The molecular weight excluding hydrogens is 478 g/mol. The number of aliphatic hydroxyl groups excluding tert-OH is 2. The van der Waals surface area contributed by atoms with E-state index in [1.807, 2.05) is 30.3 Å². The van der Waals surface area contributed by atoms with Crippen molar-refractivity contribution < 1.29 is 39.8 Å². The van der Waals surface area contributed by atoms with E-state index in [-0.39, 0.29) is 18.1 Å². The Morgan fingerprint density at radius 3 is 2.38 bits per heavy atom. The minimum absolute atomic E-state index is 0.0229. The van der Waals surface area contributed by atoms with Crippen LogP contribution >= 0.6 is 0 Å². The number of aromatic hydroxyl groups is 2. The van der Waals surface area contributed by atoms with Gasteiger partial charge in [-0.3, -0.25) is 4.79 Å². The molecule has 0 radical (unpaired) electrons. The fraction of sp³-hybridized carbons (Fsp3) is 0.321. The Kier molecular flexibility index (Phi) is 12.9. The molecule has 0 aliphatic rings. The number of carboxylic acids is 1. The van der Waals surface area contributed by atoms with Crippen LogP contribution in [0.2, 0.25) is 0 Å². The summed E-state index contributed by atoms with van der Waals surface area (Å²) in [4.78, 5) is 9.00. The molecule has 0 saturated heterocycles.